The summed E-state index contributed by atoms with van der Waals surface area (Å²) in [7, 11) is 0. The Balaban J connectivity index is 1.64. The highest BCUT2D eigenvalue weighted by atomic mass is 16.5. The lowest BCUT2D eigenvalue weighted by Gasteiger charge is -2.25. The quantitative estimate of drug-likeness (QED) is 0.785. The van der Waals surface area contributed by atoms with E-state index >= 15 is 0 Å². The van der Waals surface area contributed by atoms with Crippen molar-refractivity contribution < 1.29 is 9.53 Å². The highest BCUT2D eigenvalue weighted by Gasteiger charge is 2.29. The molecule has 1 aliphatic rings. The number of nitrogens with zero attached hydrogens (tertiary/aromatic N) is 4. The number of rotatable bonds is 4. The van der Waals surface area contributed by atoms with Crippen LogP contribution in [0.4, 0.5) is 5.95 Å². The Kier molecular flexibility index (Phi) is 4.07. The van der Waals surface area contributed by atoms with Crippen LogP contribution in [-0.2, 0) is 11.4 Å². The van der Waals surface area contributed by atoms with Gasteiger partial charge in [-0.3, -0.25) is 10.1 Å². The molecular formula is C19H15N5O2. The van der Waals surface area contributed by atoms with E-state index in [1.165, 1.54) is 6.33 Å². The Morgan fingerprint density at radius 1 is 1.23 bits per heavy atom. The third-order valence-electron chi connectivity index (χ3n) is 4.30. The van der Waals surface area contributed by atoms with Gasteiger partial charge in [0.15, 0.2) is 0 Å². The minimum atomic E-state index is -0.288. The highest BCUT2D eigenvalue weighted by Crippen LogP contribution is 2.34. The van der Waals surface area contributed by atoms with Crippen molar-refractivity contribution >= 4 is 11.9 Å². The molecule has 26 heavy (non-hydrogen) atoms. The van der Waals surface area contributed by atoms with Gasteiger partial charge in [-0.15, -0.1) is 0 Å². The largest absolute Gasteiger partial charge is 0.488 e. The smallest absolute Gasteiger partial charge is 0.229 e. The van der Waals surface area contributed by atoms with Crippen LogP contribution in [0.15, 0.2) is 54.9 Å². The maximum atomic E-state index is 12.0. The predicted octanol–water partition coefficient (Wildman–Crippen LogP) is 2.66. The molecule has 2 aromatic carbocycles. The number of ether oxygens (including phenoxy) is 1. The van der Waals surface area contributed by atoms with Crippen molar-refractivity contribution in [2.24, 2.45) is 0 Å². The van der Waals surface area contributed by atoms with E-state index in [1.54, 1.807) is 10.7 Å². The molecule has 128 valence electrons. The molecule has 3 aromatic rings. The van der Waals surface area contributed by atoms with E-state index in [0.717, 1.165) is 11.1 Å². The fourth-order valence-corrected chi connectivity index (χ4v) is 3.05. The van der Waals surface area contributed by atoms with E-state index in [-0.39, 0.29) is 25.0 Å². The lowest BCUT2D eigenvalue weighted by Crippen LogP contribution is -2.29. The van der Waals surface area contributed by atoms with Crippen molar-refractivity contribution in [2.45, 2.75) is 19.1 Å². The summed E-state index contributed by atoms with van der Waals surface area (Å²) in [6.07, 6.45) is 1.67. The molecule has 0 aliphatic carbocycles. The molecule has 7 heteroatoms. The fraction of sp³-hybridized carbons (Fsp3) is 0.158. The number of anilines is 1. The minimum Gasteiger partial charge on any atom is -0.488 e. The van der Waals surface area contributed by atoms with Gasteiger partial charge < -0.3 is 4.74 Å². The summed E-state index contributed by atoms with van der Waals surface area (Å²) in [4.78, 5) is 16.1. The summed E-state index contributed by atoms with van der Waals surface area (Å²) < 4.78 is 7.69. The first kappa shape index (κ1) is 15.8. The van der Waals surface area contributed by atoms with Crippen molar-refractivity contribution in [3.63, 3.8) is 0 Å². The van der Waals surface area contributed by atoms with Crippen LogP contribution in [0.1, 0.15) is 29.2 Å². The van der Waals surface area contributed by atoms with Crippen molar-refractivity contribution in [2.75, 3.05) is 5.32 Å². The molecule has 0 fully saturated rings. The number of benzene rings is 2. The first-order valence-electron chi connectivity index (χ1n) is 8.15. The number of carbonyl (C=O) groups excluding carboxylic acids is 1. The van der Waals surface area contributed by atoms with Crippen LogP contribution in [0.5, 0.6) is 5.75 Å². The van der Waals surface area contributed by atoms with Gasteiger partial charge in [0.2, 0.25) is 11.9 Å². The molecule has 1 aromatic heterocycles. The molecule has 0 saturated heterocycles. The van der Waals surface area contributed by atoms with Crippen LogP contribution in [-0.4, -0.2) is 20.7 Å². The first-order chi connectivity index (χ1) is 12.8. The second-order valence-electron chi connectivity index (χ2n) is 5.89. The van der Waals surface area contributed by atoms with Crippen LogP contribution in [0.3, 0.4) is 0 Å². The van der Waals surface area contributed by atoms with Gasteiger partial charge in [-0.05, 0) is 12.1 Å². The minimum absolute atomic E-state index is 0.111. The van der Waals surface area contributed by atoms with E-state index in [4.69, 9.17) is 4.74 Å². The summed E-state index contributed by atoms with van der Waals surface area (Å²) in [5.74, 6) is 0.970. The summed E-state index contributed by atoms with van der Waals surface area (Å²) in [5.41, 5.74) is 2.25. The van der Waals surface area contributed by atoms with Crippen LogP contribution < -0.4 is 10.1 Å². The zero-order valence-electron chi connectivity index (χ0n) is 13.8. The topological polar surface area (TPSA) is 92.8 Å². The van der Waals surface area contributed by atoms with Gasteiger partial charge in [-0.25, -0.2) is 4.68 Å². The molecule has 7 nitrogen and oxygen atoms in total. The maximum absolute atomic E-state index is 12.0. The first-order valence-corrected chi connectivity index (χ1v) is 8.15. The summed E-state index contributed by atoms with van der Waals surface area (Å²) >= 11 is 0. The average Bonchev–Trinajstić information content (AvgIpc) is 3.14. The lowest BCUT2D eigenvalue weighted by atomic mass is 10.0. The van der Waals surface area contributed by atoms with E-state index < -0.39 is 0 Å². The molecular weight excluding hydrogens is 330 g/mol. The molecule has 1 aliphatic heterocycles. The number of hydrogen-bond acceptors (Lipinski definition) is 5. The molecule has 1 atom stereocenters. The molecule has 2 heterocycles. The van der Waals surface area contributed by atoms with Crippen LogP contribution >= 0.6 is 0 Å². The third kappa shape index (κ3) is 2.89. The van der Waals surface area contributed by atoms with Gasteiger partial charge >= 0.3 is 0 Å². The normalized spacial score (nSPS) is 15.7. The van der Waals surface area contributed by atoms with Crippen LogP contribution in [0.2, 0.25) is 0 Å². The number of fused-ring (bicyclic) bond motifs is 1. The van der Waals surface area contributed by atoms with Gasteiger partial charge in [-0.1, -0.05) is 36.4 Å². The third-order valence-corrected chi connectivity index (χ3v) is 4.30. The highest BCUT2D eigenvalue weighted by molar-refractivity contribution is 5.91. The van der Waals surface area contributed by atoms with Crippen molar-refractivity contribution in [1.82, 2.24) is 14.8 Å². The average molecular weight is 345 g/mol. The molecule has 0 spiro atoms. The summed E-state index contributed by atoms with van der Waals surface area (Å²) in [6, 6.07) is 16.7. The maximum Gasteiger partial charge on any atom is 0.229 e. The van der Waals surface area contributed by atoms with Crippen molar-refractivity contribution in [3.8, 4) is 11.8 Å². The molecule has 0 radical (unpaired) electrons. The summed E-state index contributed by atoms with van der Waals surface area (Å²) in [5, 5.41) is 16.2. The molecule has 1 amide bonds. The number of carbonyl (C=O) groups is 1. The van der Waals surface area contributed by atoms with E-state index in [1.807, 2.05) is 42.5 Å². The van der Waals surface area contributed by atoms with Gasteiger partial charge in [-0.2, -0.15) is 15.3 Å². The predicted molar refractivity (Wildman–Crippen MR) is 93.3 cm³/mol. The SMILES string of the molecule is N#Cc1ccccc1COc1ccccc1[C@H]1CC(=O)Nc2ncnn21. The number of amides is 1. The zero-order valence-corrected chi connectivity index (χ0v) is 13.8. The Labute approximate surface area is 149 Å². The lowest BCUT2D eigenvalue weighted by molar-refractivity contribution is -0.117. The fourth-order valence-electron chi connectivity index (χ4n) is 3.05. The van der Waals surface area contributed by atoms with Gasteiger partial charge in [0, 0.05) is 11.1 Å². The van der Waals surface area contributed by atoms with Gasteiger partial charge in [0.05, 0.1) is 24.1 Å². The second-order valence-corrected chi connectivity index (χ2v) is 5.89. The zero-order chi connectivity index (χ0) is 17.9. The van der Waals surface area contributed by atoms with E-state index in [9.17, 15) is 10.1 Å². The Morgan fingerprint density at radius 3 is 2.92 bits per heavy atom. The molecule has 0 unspecified atom stereocenters. The Bertz CT molecular complexity index is 1000. The van der Waals surface area contributed by atoms with Crippen LogP contribution in [0.25, 0.3) is 0 Å². The van der Waals surface area contributed by atoms with Crippen LogP contribution in [0, 0.1) is 11.3 Å². The standard InChI is InChI=1S/C19H15N5O2/c20-10-13-5-1-2-6-14(13)11-26-17-8-4-3-7-15(17)16-9-18(25)23-19-21-12-22-24(16)19/h1-8,12,16H,9,11H2,(H,21,22,23,25)/t16-/m1/s1. The Morgan fingerprint density at radius 2 is 2.04 bits per heavy atom. The molecule has 4 rings (SSSR count). The number of aromatic nitrogens is 3. The number of hydrogen-bond donors (Lipinski definition) is 1. The monoisotopic (exact) mass is 345 g/mol. The number of nitriles is 1. The van der Waals surface area contributed by atoms with E-state index in [0.29, 0.717) is 17.3 Å². The Hall–Kier alpha value is -3.66. The van der Waals surface area contributed by atoms with Crippen molar-refractivity contribution in [3.05, 3.63) is 71.5 Å². The summed E-state index contributed by atoms with van der Waals surface area (Å²) in [6.45, 7) is 0.268. The number of nitrogens with one attached hydrogen (secondary N) is 1. The second kappa shape index (κ2) is 6.69. The van der Waals surface area contributed by atoms with Gasteiger partial charge in [0.1, 0.15) is 18.7 Å². The van der Waals surface area contributed by atoms with Gasteiger partial charge in [0.25, 0.3) is 0 Å². The molecule has 0 bridgehead atoms. The number of para-hydroxylation sites is 1. The molecule has 0 saturated carbocycles. The molecule has 1 N–H and O–H groups in total. The van der Waals surface area contributed by atoms with E-state index in [2.05, 4.69) is 21.5 Å². The van der Waals surface area contributed by atoms with Crippen molar-refractivity contribution in [1.29, 1.82) is 5.26 Å².